The van der Waals surface area contributed by atoms with Crippen LogP contribution in [-0.4, -0.2) is 33.5 Å². The molecule has 1 aliphatic heterocycles. The fourth-order valence-electron chi connectivity index (χ4n) is 3.56. The molecular formula is C23H33BrN2O3. The smallest absolute Gasteiger partial charge is 0.261 e. The number of nitrogens with one attached hydrogen (secondary N) is 1. The zero-order chi connectivity index (χ0) is 21.4. The van der Waals surface area contributed by atoms with E-state index < -0.39 is 0 Å². The first kappa shape index (κ1) is 23.6. The number of amides is 3. The predicted octanol–water partition coefficient (Wildman–Crippen LogP) is 5.92. The molecule has 1 aromatic rings. The molecule has 1 heterocycles. The van der Waals surface area contributed by atoms with E-state index in [1.807, 2.05) is 13.8 Å². The van der Waals surface area contributed by atoms with Crippen LogP contribution in [0.25, 0.3) is 0 Å². The number of fused-ring (bicyclic) bond motifs is 1. The highest BCUT2D eigenvalue weighted by Crippen LogP contribution is 2.28. The van der Waals surface area contributed by atoms with Gasteiger partial charge in [-0.15, -0.1) is 0 Å². The molecule has 29 heavy (non-hydrogen) atoms. The number of hydrogen-bond acceptors (Lipinski definition) is 3. The molecule has 2 atom stereocenters. The van der Waals surface area contributed by atoms with Crippen LogP contribution in [-0.2, 0) is 4.79 Å². The Morgan fingerprint density at radius 3 is 2.41 bits per heavy atom. The average molecular weight is 465 g/mol. The van der Waals surface area contributed by atoms with Gasteiger partial charge in [-0.2, -0.15) is 0 Å². The number of hydrogen-bond donors (Lipinski definition) is 1. The lowest BCUT2D eigenvalue weighted by molar-refractivity contribution is -0.116. The van der Waals surface area contributed by atoms with Crippen molar-refractivity contribution in [2.45, 2.75) is 89.4 Å². The third kappa shape index (κ3) is 6.39. The van der Waals surface area contributed by atoms with Crippen molar-refractivity contribution in [3.63, 3.8) is 0 Å². The van der Waals surface area contributed by atoms with Crippen LogP contribution in [0.5, 0.6) is 0 Å². The summed E-state index contributed by atoms with van der Waals surface area (Å²) in [5.74, 6) is -0.591. The lowest BCUT2D eigenvalue weighted by atomic mass is 10.1. The maximum Gasteiger partial charge on any atom is 0.261 e. The van der Waals surface area contributed by atoms with Crippen molar-refractivity contribution >= 4 is 39.3 Å². The van der Waals surface area contributed by atoms with Gasteiger partial charge in [0.05, 0.1) is 11.1 Å². The van der Waals surface area contributed by atoms with E-state index in [-0.39, 0.29) is 23.8 Å². The Labute approximate surface area is 182 Å². The van der Waals surface area contributed by atoms with Crippen molar-refractivity contribution in [1.29, 1.82) is 0 Å². The highest BCUT2D eigenvalue weighted by molar-refractivity contribution is 9.09. The number of carbonyl (C=O) groups excluding carboxylic acids is 3. The van der Waals surface area contributed by atoms with Crippen LogP contribution in [0.4, 0.5) is 5.69 Å². The maximum atomic E-state index is 12.6. The number of alkyl halides is 1. The zero-order valence-electron chi connectivity index (χ0n) is 17.8. The summed E-state index contributed by atoms with van der Waals surface area (Å²) in [6, 6.07) is 4.82. The molecule has 5 nitrogen and oxygen atoms in total. The third-order valence-electron chi connectivity index (χ3n) is 5.53. The minimum atomic E-state index is -0.277. The molecular weight excluding hydrogens is 432 g/mol. The Morgan fingerprint density at radius 1 is 1.03 bits per heavy atom. The Hall–Kier alpha value is -1.69. The zero-order valence-corrected chi connectivity index (χ0v) is 19.4. The number of unbranched alkanes of at least 4 members (excludes halogenated alkanes) is 3. The van der Waals surface area contributed by atoms with Gasteiger partial charge in [0, 0.05) is 23.0 Å². The van der Waals surface area contributed by atoms with E-state index in [1.54, 1.807) is 18.2 Å². The number of nitrogens with zero attached hydrogens (tertiary/aromatic N) is 1. The SMILES string of the molecule is CCCCCCC(Br)CCCC(=O)Nc1ccc2c(c1)C(=O)N(C(C)CC)C2=O. The molecule has 3 amide bonds. The second-order valence-electron chi connectivity index (χ2n) is 7.88. The van der Waals surface area contributed by atoms with E-state index in [1.165, 1.54) is 30.6 Å². The highest BCUT2D eigenvalue weighted by Gasteiger charge is 2.38. The number of rotatable bonds is 12. The van der Waals surface area contributed by atoms with Crippen LogP contribution < -0.4 is 5.32 Å². The molecule has 0 bridgehead atoms. The molecule has 0 radical (unpaired) electrons. The number of carbonyl (C=O) groups is 3. The molecule has 1 aliphatic rings. The van der Waals surface area contributed by atoms with Crippen LogP contribution in [0.2, 0.25) is 0 Å². The molecule has 2 unspecified atom stereocenters. The predicted molar refractivity (Wildman–Crippen MR) is 121 cm³/mol. The minimum Gasteiger partial charge on any atom is -0.326 e. The standard InChI is InChI=1S/C23H33BrN2O3/c1-4-6-7-8-10-17(24)11-9-12-21(27)25-18-13-14-19-20(15-18)23(29)26(22(19)28)16(3)5-2/h13-17H,4-12H2,1-3H3,(H,25,27). The number of benzene rings is 1. The molecule has 0 spiro atoms. The fraction of sp³-hybridized carbons (Fsp3) is 0.609. The number of anilines is 1. The molecule has 1 aromatic carbocycles. The van der Waals surface area contributed by atoms with Gasteiger partial charge >= 0.3 is 0 Å². The van der Waals surface area contributed by atoms with Crippen LogP contribution in [0.1, 0.15) is 99.3 Å². The monoisotopic (exact) mass is 464 g/mol. The Kier molecular flexibility index (Phi) is 9.34. The van der Waals surface area contributed by atoms with E-state index in [0.717, 1.165) is 19.3 Å². The summed E-state index contributed by atoms with van der Waals surface area (Å²) in [5, 5.41) is 2.86. The third-order valence-corrected chi connectivity index (χ3v) is 6.44. The molecule has 6 heteroatoms. The highest BCUT2D eigenvalue weighted by atomic mass is 79.9. The lowest BCUT2D eigenvalue weighted by Crippen LogP contribution is -2.37. The van der Waals surface area contributed by atoms with Crippen LogP contribution >= 0.6 is 15.9 Å². The minimum absolute atomic E-state index is 0.0637. The van der Waals surface area contributed by atoms with Crippen molar-refractivity contribution < 1.29 is 14.4 Å². The Balaban J connectivity index is 1.83. The van der Waals surface area contributed by atoms with E-state index in [9.17, 15) is 14.4 Å². The van der Waals surface area contributed by atoms with E-state index >= 15 is 0 Å². The van der Waals surface area contributed by atoms with Gasteiger partial charge in [0.1, 0.15) is 0 Å². The summed E-state index contributed by atoms with van der Waals surface area (Å²) in [6.45, 7) is 6.02. The van der Waals surface area contributed by atoms with Crippen LogP contribution in [0.15, 0.2) is 18.2 Å². The van der Waals surface area contributed by atoms with Crippen molar-refractivity contribution in [2.75, 3.05) is 5.32 Å². The van der Waals surface area contributed by atoms with E-state index in [0.29, 0.717) is 34.5 Å². The van der Waals surface area contributed by atoms with Crippen molar-refractivity contribution in [3.05, 3.63) is 29.3 Å². The summed E-state index contributed by atoms with van der Waals surface area (Å²) in [4.78, 5) is 39.1. The largest absolute Gasteiger partial charge is 0.326 e. The van der Waals surface area contributed by atoms with Gasteiger partial charge < -0.3 is 5.32 Å². The molecule has 0 aromatic heterocycles. The number of halogens is 1. The van der Waals surface area contributed by atoms with Gasteiger partial charge in [-0.05, 0) is 50.8 Å². The van der Waals surface area contributed by atoms with Crippen molar-refractivity contribution in [1.82, 2.24) is 4.90 Å². The van der Waals surface area contributed by atoms with Gasteiger partial charge in [0.15, 0.2) is 0 Å². The summed E-state index contributed by atoms with van der Waals surface area (Å²) in [5.41, 5.74) is 1.36. The Morgan fingerprint density at radius 2 is 1.72 bits per heavy atom. The second-order valence-corrected chi connectivity index (χ2v) is 9.18. The quantitative estimate of drug-likeness (QED) is 0.237. The van der Waals surface area contributed by atoms with E-state index in [2.05, 4.69) is 28.2 Å². The first-order valence-electron chi connectivity index (χ1n) is 10.8. The molecule has 0 fully saturated rings. The lowest BCUT2D eigenvalue weighted by Gasteiger charge is -2.20. The van der Waals surface area contributed by atoms with Crippen LogP contribution in [0, 0.1) is 0 Å². The molecule has 0 aliphatic carbocycles. The molecule has 0 saturated carbocycles. The molecule has 160 valence electrons. The molecule has 0 saturated heterocycles. The number of imide groups is 1. The van der Waals surface area contributed by atoms with Crippen molar-refractivity contribution in [3.8, 4) is 0 Å². The summed E-state index contributed by atoms with van der Waals surface area (Å²) >= 11 is 3.71. The maximum absolute atomic E-state index is 12.6. The van der Waals surface area contributed by atoms with E-state index in [4.69, 9.17) is 0 Å². The summed E-state index contributed by atoms with van der Waals surface area (Å²) in [6.07, 6.45) is 9.12. The first-order chi connectivity index (χ1) is 13.9. The first-order valence-corrected chi connectivity index (χ1v) is 11.8. The van der Waals surface area contributed by atoms with Crippen LogP contribution in [0.3, 0.4) is 0 Å². The summed E-state index contributed by atoms with van der Waals surface area (Å²) in [7, 11) is 0. The van der Waals surface area contributed by atoms with Gasteiger partial charge in [0.25, 0.3) is 11.8 Å². The topological polar surface area (TPSA) is 66.5 Å². The van der Waals surface area contributed by atoms with Gasteiger partial charge in [-0.1, -0.05) is 55.5 Å². The van der Waals surface area contributed by atoms with Crippen molar-refractivity contribution in [2.24, 2.45) is 0 Å². The second kappa shape index (κ2) is 11.5. The molecule has 2 rings (SSSR count). The normalized spacial score (nSPS) is 15.4. The van der Waals surface area contributed by atoms with Gasteiger partial charge in [-0.3, -0.25) is 19.3 Å². The Bertz CT molecular complexity index is 735. The average Bonchev–Trinajstić information content (AvgIpc) is 2.94. The fourth-order valence-corrected chi connectivity index (χ4v) is 4.21. The summed E-state index contributed by atoms with van der Waals surface area (Å²) < 4.78 is 0. The van der Waals surface area contributed by atoms with Gasteiger partial charge in [-0.25, -0.2) is 0 Å². The molecule has 1 N–H and O–H groups in total. The van der Waals surface area contributed by atoms with Gasteiger partial charge in [0.2, 0.25) is 5.91 Å².